The molecule has 0 bridgehead atoms. The molecule has 3 amide bonds. The molecule has 3 atom stereocenters. The molecule has 3 unspecified atom stereocenters. The van der Waals surface area contributed by atoms with Gasteiger partial charge in [-0.3, -0.25) is 19.7 Å². The van der Waals surface area contributed by atoms with E-state index < -0.39 is 0 Å². The lowest BCUT2D eigenvalue weighted by Crippen LogP contribution is -2.34. The van der Waals surface area contributed by atoms with Crippen molar-refractivity contribution < 1.29 is 14.4 Å². The molecule has 1 aromatic rings. The van der Waals surface area contributed by atoms with Gasteiger partial charge in [0.2, 0.25) is 17.7 Å². The highest BCUT2D eigenvalue weighted by Crippen LogP contribution is 2.23. The van der Waals surface area contributed by atoms with E-state index in [9.17, 15) is 14.4 Å². The molecule has 2 heterocycles. The average molecular weight is 394 g/mol. The molecule has 0 spiro atoms. The molecule has 148 valence electrons. The molecule has 2 saturated heterocycles. The second kappa shape index (κ2) is 9.85. The molecule has 3 N–H and O–H groups in total. The van der Waals surface area contributed by atoms with Crippen LogP contribution in [0.5, 0.6) is 0 Å². The Morgan fingerprint density at radius 3 is 2.59 bits per heavy atom. The van der Waals surface area contributed by atoms with E-state index in [1.807, 2.05) is 24.3 Å². The zero-order valence-corrected chi connectivity index (χ0v) is 16.4. The van der Waals surface area contributed by atoms with Crippen molar-refractivity contribution in [3.63, 3.8) is 0 Å². The van der Waals surface area contributed by atoms with Gasteiger partial charge in [-0.1, -0.05) is 19.1 Å². The number of hydrogen-bond acceptors (Lipinski definition) is 4. The summed E-state index contributed by atoms with van der Waals surface area (Å²) in [4.78, 5) is 35.2. The number of anilines is 1. The number of amides is 3. The molecule has 6 nitrogen and oxygen atoms in total. The normalized spacial score (nSPS) is 23.3. The van der Waals surface area contributed by atoms with Gasteiger partial charge in [0.25, 0.3) is 0 Å². The van der Waals surface area contributed by atoms with E-state index in [1.165, 1.54) is 12.8 Å². The predicted molar refractivity (Wildman–Crippen MR) is 107 cm³/mol. The maximum Gasteiger partial charge on any atom is 0.230 e. The van der Waals surface area contributed by atoms with E-state index in [0.717, 1.165) is 24.3 Å². The second-order valence-corrected chi connectivity index (χ2v) is 7.55. The first-order chi connectivity index (χ1) is 12.5. The van der Waals surface area contributed by atoms with Crippen LogP contribution in [0.4, 0.5) is 5.69 Å². The third-order valence-electron chi connectivity index (χ3n) is 5.43. The van der Waals surface area contributed by atoms with Crippen LogP contribution in [0.25, 0.3) is 0 Å². The molecule has 27 heavy (non-hydrogen) atoms. The van der Waals surface area contributed by atoms with Crippen LogP contribution in [0.1, 0.15) is 38.2 Å². The minimum atomic E-state index is -0.284. The van der Waals surface area contributed by atoms with E-state index in [2.05, 4.69) is 22.9 Å². The van der Waals surface area contributed by atoms with E-state index in [0.29, 0.717) is 24.7 Å². The number of piperidine rings is 1. The lowest BCUT2D eigenvalue weighted by atomic mass is 9.85. The SMILES string of the molecule is CC(CC(=O)Nc1ccc(CC2CC(=O)NC2=O)cc1)C1CCCNC1.Cl. The summed E-state index contributed by atoms with van der Waals surface area (Å²) in [7, 11) is 0. The molecule has 3 rings (SSSR count). The van der Waals surface area contributed by atoms with Crippen LogP contribution >= 0.6 is 12.4 Å². The van der Waals surface area contributed by atoms with Crippen LogP contribution in [0.3, 0.4) is 0 Å². The fourth-order valence-electron chi connectivity index (χ4n) is 3.82. The van der Waals surface area contributed by atoms with Gasteiger partial charge in [-0.15, -0.1) is 12.4 Å². The number of halogens is 1. The Bertz CT molecular complexity index is 672. The van der Waals surface area contributed by atoms with Crippen LogP contribution in [0, 0.1) is 17.8 Å². The van der Waals surface area contributed by atoms with E-state index in [-0.39, 0.29) is 42.5 Å². The highest BCUT2D eigenvalue weighted by atomic mass is 35.5. The van der Waals surface area contributed by atoms with Gasteiger partial charge in [-0.05, 0) is 61.9 Å². The summed E-state index contributed by atoms with van der Waals surface area (Å²) in [5.41, 5.74) is 1.75. The van der Waals surface area contributed by atoms with Crippen LogP contribution in [-0.4, -0.2) is 30.8 Å². The third-order valence-corrected chi connectivity index (χ3v) is 5.43. The fraction of sp³-hybridized carbons (Fsp3) is 0.550. The van der Waals surface area contributed by atoms with Gasteiger partial charge in [0.05, 0.1) is 5.92 Å². The second-order valence-electron chi connectivity index (χ2n) is 7.55. The number of carbonyl (C=O) groups is 3. The van der Waals surface area contributed by atoms with Gasteiger partial charge in [0.15, 0.2) is 0 Å². The van der Waals surface area contributed by atoms with Crippen molar-refractivity contribution in [2.75, 3.05) is 18.4 Å². The molecule has 0 radical (unpaired) electrons. The first-order valence-corrected chi connectivity index (χ1v) is 9.44. The minimum absolute atomic E-state index is 0. The van der Waals surface area contributed by atoms with Gasteiger partial charge in [0.1, 0.15) is 0 Å². The Balaban J connectivity index is 0.00000261. The van der Waals surface area contributed by atoms with Gasteiger partial charge in [-0.2, -0.15) is 0 Å². The van der Waals surface area contributed by atoms with Crippen molar-refractivity contribution in [1.29, 1.82) is 0 Å². The standard InChI is InChI=1S/C20H27N3O3.ClH/c1-13(15-3-2-8-21-12-15)9-18(24)22-17-6-4-14(5-7-17)10-16-11-19(25)23-20(16)26;/h4-7,13,15-16,21H,2-3,8-12H2,1H3,(H,22,24)(H,23,25,26);1H. The molecular weight excluding hydrogens is 366 g/mol. The van der Waals surface area contributed by atoms with Crippen LogP contribution in [-0.2, 0) is 20.8 Å². The number of carbonyl (C=O) groups excluding carboxylic acids is 3. The summed E-state index contributed by atoms with van der Waals surface area (Å²) in [6.07, 6.45) is 3.69. The molecule has 2 aliphatic rings. The summed E-state index contributed by atoms with van der Waals surface area (Å²) in [5.74, 6) is 0.284. The van der Waals surface area contributed by atoms with Gasteiger partial charge in [-0.25, -0.2) is 0 Å². The van der Waals surface area contributed by atoms with E-state index in [1.54, 1.807) is 0 Å². The molecule has 0 aliphatic carbocycles. The smallest absolute Gasteiger partial charge is 0.230 e. The van der Waals surface area contributed by atoms with E-state index >= 15 is 0 Å². The Labute approximate surface area is 166 Å². The fourth-order valence-corrected chi connectivity index (χ4v) is 3.82. The Kier molecular flexibility index (Phi) is 7.80. The number of imide groups is 1. The summed E-state index contributed by atoms with van der Waals surface area (Å²) < 4.78 is 0. The molecule has 1 aromatic carbocycles. The first kappa shape index (κ1) is 21.4. The molecular formula is C20H28ClN3O3. The highest BCUT2D eigenvalue weighted by molar-refractivity contribution is 6.03. The number of rotatable bonds is 6. The molecule has 2 fully saturated rings. The summed E-state index contributed by atoms with van der Waals surface area (Å²) in [6, 6.07) is 7.52. The van der Waals surface area contributed by atoms with Crippen molar-refractivity contribution in [1.82, 2.24) is 10.6 Å². The monoisotopic (exact) mass is 393 g/mol. The quantitative estimate of drug-likeness (QED) is 0.647. The number of hydrogen-bond donors (Lipinski definition) is 3. The van der Waals surface area contributed by atoms with Crippen molar-refractivity contribution in [3.05, 3.63) is 29.8 Å². The zero-order chi connectivity index (χ0) is 18.5. The first-order valence-electron chi connectivity index (χ1n) is 9.44. The van der Waals surface area contributed by atoms with Crippen molar-refractivity contribution in [2.24, 2.45) is 17.8 Å². The third kappa shape index (κ3) is 6.04. The van der Waals surface area contributed by atoms with Crippen molar-refractivity contribution in [2.45, 2.75) is 39.0 Å². The largest absolute Gasteiger partial charge is 0.326 e. The topological polar surface area (TPSA) is 87.3 Å². The minimum Gasteiger partial charge on any atom is -0.326 e. The van der Waals surface area contributed by atoms with Gasteiger partial charge < -0.3 is 10.6 Å². The molecule has 0 aromatic heterocycles. The van der Waals surface area contributed by atoms with Crippen LogP contribution < -0.4 is 16.0 Å². The number of nitrogens with one attached hydrogen (secondary N) is 3. The van der Waals surface area contributed by atoms with Crippen molar-refractivity contribution in [3.8, 4) is 0 Å². The average Bonchev–Trinajstić information content (AvgIpc) is 2.94. The molecule has 2 aliphatic heterocycles. The van der Waals surface area contributed by atoms with Gasteiger partial charge in [0, 0.05) is 18.5 Å². The molecule has 7 heteroatoms. The van der Waals surface area contributed by atoms with E-state index in [4.69, 9.17) is 0 Å². The van der Waals surface area contributed by atoms with Gasteiger partial charge >= 0.3 is 0 Å². The summed E-state index contributed by atoms with van der Waals surface area (Å²) in [6.45, 7) is 4.23. The highest BCUT2D eigenvalue weighted by Gasteiger charge is 2.30. The summed E-state index contributed by atoms with van der Waals surface area (Å²) >= 11 is 0. The van der Waals surface area contributed by atoms with Crippen LogP contribution in [0.15, 0.2) is 24.3 Å². The zero-order valence-electron chi connectivity index (χ0n) is 15.6. The summed E-state index contributed by atoms with van der Waals surface area (Å²) in [5, 5.41) is 8.69. The number of benzene rings is 1. The lowest BCUT2D eigenvalue weighted by molar-refractivity contribution is -0.125. The maximum absolute atomic E-state index is 12.3. The predicted octanol–water partition coefficient (Wildman–Crippen LogP) is 2.28. The Morgan fingerprint density at radius 1 is 1.26 bits per heavy atom. The Hall–Kier alpha value is -1.92. The lowest BCUT2D eigenvalue weighted by Gasteiger charge is -2.28. The van der Waals surface area contributed by atoms with Crippen molar-refractivity contribution >= 4 is 35.8 Å². The Morgan fingerprint density at radius 2 is 2.00 bits per heavy atom. The van der Waals surface area contributed by atoms with Crippen LogP contribution in [0.2, 0.25) is 0 Å². The maximum atomic E-state index is 12.3. The molecule has 0 saturated carbocycles.